The summed E-state index contributed by atoms with van der Waals surface area (Å²) >= 11 is 5.20. The number of hydrogen-bond donors (Lipinski definition) is 1. The molecule has 0 bridgehead atoms. The van der Waals surface area contributed by atoms with E-state index >= 15 is 0 Å². The van der Waals surface area contributed by atoms with Crippen LogP contribution in [0.4, 0.5) is 10.8 Å². The maximum Gasteiger partial charge on any atom is 0.187 e. The second kappa shape index (κ2) is 6.63. The number of aromatic nitrogens is 1. The highest BCUT2D eigenvalue weighted by molar-refractivity contribution is 9.10. The molecular weight excluding hydrogens is 356 g/mol. The Bertz CT molecular complexity index is 761. The minimum Gasteiger partial charge on any atom is -0.332 e. The summed E-state index contributed by atoms with van der Waals surface area (Å²) in [6.45, 7) is 4.26. The number of rotatable bonds is 4. The van der Waals surface area contributed by atoms with Crippen LogP contribution in [-0.4, -0.2) is 4.98 Å². The molecule has 4 heteroatoms. The first-order valence-corrected chi connectivity index (χ1v) is 8.86. The monoisotopic (exact) mass is 372 g/mol. The van der Waals surface area contributed by atoms with Crippen LogP contribution in [0.25, 0.3) is 11.3 Å². The van der Waals surface area contributed by atoms with Crippen molar-refractivity contribution in [2.24, 2.45) is 0 Å². The van der Waals surface area contributed by atoms with Gasteiger partial charge in [0.2, 0.25) is 0 Å². The molecular formula is C18H17BrN2S. The molecule has 0 amide bonds. The molecule has 1 heterocycles. The first-order chi connectivity index (χ1) is 10.7. The highest BCUT2D eigenvalue weighted by atomic mass is 79.9. The largest absolute Gasteiger partial charge is 0.332 e. The molecule has 2 aromatic carbocycles. The third-order valence-corrected chi connectivity index (χ3v) is 5.08. The summed E-state index contributed by atoms with van der Waals surface area (Å²) in [5.41, 5.74) is 4.57. The van der Waals surface area contributed by atoms with Gasteiger partial charge in [0.15, 0.2) is 5.13 Å². The standard InChI is InChI=1S/C18H17BrN2S/c1-3-16-17(13-6-8-14(19)9-7-13)21-18(22-16)20-15-10-4-12(2)5-11-15/h4-11H,3H2,1-2H3,(H,20,21). The molecule has 0 aliphatic heterocycles. The molecule has 0 saturated carbocycles. The molecule has 0 spiro atoms. The van der Waals surface area contributed by atoms with Gasteiger partial charge in [0.25, 0.3) is 0 Å². The number of halogens is 1. The first kappa shape index (κ1) is 15.3. The minimum atomic E-state index is 0.943. The third kappa shape index (κ3) is 3.39. The van der Waals surface area contributed by atoms with Crippen LogP contribution in [0.15, 0.2) is 53.0 Å². The van der Waals surface area contributed by atoms with Crippen molar-refractivity contribution in [2.75, 3.05) is 5.32 Å². The normalized spacial score (nSPS) is 10.7. The molecule has 22 heavy (non-hydrogen) atoms. The Hall–Kier alpha value is -1.65. The van der Waals surface area contributed by atoms with Crippen molar-refractivity contribution in [2.45, 2.75) is 20.3 Å². The predicted octanol–water partition coefficient (Wildman–Crippen LogP) is 6.19. The fraction of sp³-hybridized carbons (Fsp3) is 0.167. The molecule has 0 unspecified atom stereocenters. The number of anilines is 2. The number of thiazole rings is 1. The van der Waals surface area contributed by atoms with Crippen LogP contribution in [0.2, 0.25) is 0 Å². The van der Waals surface area contributed by atoms with E-state index in [1.54, 1.807) is 11.3 Å². The molecule has 3 aromatic rings. The fourth-order valence-electron chi connectivity index (χ4n) is 2.24. The zero-order valence-corrected chi connectivity index (χ0v) is 15.0. The first-order valence-electron chi connectivity index (χ1n) is 7.25. The Morgan fingerprint density at radius 1 is 1.05 bits per heavy atom. The maximum atomic E-state index is 4.79. The van der Waals surface area contributed by atoms with Gasteiger partial charge in [-0.25, -0.2) is 4.98 Å². The summed E-state index contributed by atoms with van der Waals surface area (Å²) in [5.74, 6) is 0. The lowest BCUT2D eigenvalue weighted by atomic mass is 10.1. The number of benzene rings is 2. The Kier molecular flexibility index (Phi) is 4.60. The van der Waals surface area contributed by atoms with Gasteiger partial charge in [-0.2, -0.15) is 0 Å². The van der Waals surface area contributed by atoms with Crippen LogP contribution in [0.3, 0.4) is 0 Å². The lowest BCUT2D eigenvalue weighted by molar-refractivity contribution is 1.17. The van der Waals surface area contributed by atoms with Crippen LogP contribution >= 0.6 is 27.3 Å². The molecule has 0 saturated heterocycles. The Balaban J connectivity index is 1.90. The second-order valence-corrected chi connectivity index (χ2v) is 7.14. The van der Waals surface area contributed by atoms with Gasteiger partial charge in [-0.1, -0.05) is 52.7 Å². The van der Waals surface area contributed by atoms with Crippen LogP contribution < -0.4 is 5.32 Å². The molecule has 3 rings (SSSR count). The van der Waals surface area contributed by atoms with Crippen molar-refractivity contribution in [1.29, 1.82) is 0 Å². The molecule has 0 fully saturated rings. The van der Waals surface area contributed by atoms with Gasteiger partial charge in [-0.3, -0.25) is 0 Å². The smallest absolute Gasteiger partial charge is 0.187 e. The Morgan fingerprint density at radius 3 is 2.36 bits per heavy atom. The molecule has 1 N–H and O–H groups in total. The quantitative estimate of drug-likeness (QED) is 0.590. The number of aryl methyl sites for hydroxylation is 2. The highest BCUT2D eigenvalue weighted by Crippen LogP contribution is 2.33. The van der Waals surface area contributed by atoms with E-state index in [2.05, 4.69) is 83.6 Å². The Morgan fingerprint density at radius 2 is 1.73 bits per heavy atom. The van der Waals surface area contributed by atoms with Gasteiger partial charge < -0.3 is 5.32 Å². The van der Waals surface area contributed by atoms with E-state index in [-0.39, 0.29) is 0 Å². The van der Waals surface area contributed by atoms with Crippen molar-refractivity contribution < 1.29 is 0 Å². The second-order valence-electron chi connectivity index (χ2n) is 5.14. The molecule has 0 radical (unpaired) electrons. The minimum absolute atomic E-state index is 0.943. The van der Waals surface area contributed by atoms with E-state index < -0.39 is 0 Å². The lowest BCUT2D eigenvalue weighted by Gasteiger charge is -2.02. The molecule has 2 nitrogen and oxygen atoms in total. The van der Waals surface area contributed by atoms with Crippen LogP contribution in [0, 0.1) is 6.92 Å². The van der Waals surface area contributed by atoms with E-state index in [0.29, 0.717) is 0 Å². The maximum absolute atomic E-state index is 4.79. The topological polar surface area (TPSA) is 24.9 Å². The van der Waals surface area contributed by atoms with Gasteiger partial charge in [-0.05, 0) is 37.6 Å². The SMILES string of the molecule is CCc1sc(Nc2ccc(C)cc2)nc1-c1ccc(Br)cc1. The van der Waals surface area contributed by atoms with E-state index in [4.69, 9.17) is 4.98 Å². The van der Waals surface area contributed by atoms with Gasteiger partial charge in [0.05, 0.1) is 5.69 Å². The molecule has 0 aliphatic carbocycles. The molecule has 112 valence electrons. The van der Waals surface area contributed by atoms with Crippen molar-refractivity contribution >= 4 is 38.1 Å². The summed E-state index contributed by atoms with van der Waals surface area (Å²) in [5, 5.41) is 4.35. The highest BCUT2D eigenvalue weighted by Gasteiger charge is 2.12. The van der Waals surface area contributed by atoms with Gasteiger partial charge in [0, 0.05) is 20.6 Å². The molecule has 1 aromatic heterocycles. The summed E-state index contributed by atoms with van der Waals surface area (Å²) in [6, 6.07) is 16.7. The number of hydrogen-bond acceptors (Lipinski definition) is 3. The van der Waals surface area contributed by atoms with Crippen LogP contribution in [-0.2, 0) is 6.42 Å². The summed E-state index contributed by atoms with van der Waals surface area (Å²) in [4.78, 5) is 6.09. The van der Waals surface area contributed by atoms with Gasteiger partial charge >= 0.3 is 0 Å². The Labute approximate surface area is 143 Å². The zero-order chi connectivity index (χ0) is 15.5. The molecule has 0 aliphatic rings. The lowest BCUT2D eigenvalue weighted by Crippen LogP contribution is -1.89. The van der Waals surface area contributed by atoms with Crippen molar-refractivity contribution in [3.05, 3.63) is 63.4 Å². The van der Waals surface area contributed by atoms with E-state index in [1.165, 1.54) is 10.4 Å². The third-order valence-electron chi connectivity index (χ3n) is 3.44. The van der Waals surface area contributed by atoms with Crippen molar-refractivity contribution in [3.63, 3.8) is 0 Å². The fourth-order valence-corrected chi connectivity index (χ4v) is 3.45. The number of nitrogens with zero attached hydrogens (tertiary/aromatic N) is 1. The average Bonchev–Trinajstić information content (AvgIpc) is 2.93. The summed E-state index contributed by atoms with van der Waals surface area (Å²) in [6.07, 6.45) is 0.985. The van der Waals surface area contributed by atoms with E-state index in [1.807, 2.05) is 0 Å². The summed E-state index contributed by atoms with van der Waals surface area (Å²) < 4.78 is 1.09. The number of nitrogens with one attached hydrogen (secondary N) is 1. The van der Waals surface area contributed by atoms with Crippen LogP contribution in [0.1, 0.15) is 17.4 Å². The summed E-state index contributed by atoms with van der Waals surface area (Å²) in [7, 11) is 0. The van der Waals surface area contributed by atoms with Gasteiger partial charge in [-0.15, -0.1) is 11.3 Å². The molecule has 0 atom stereocenters. The van der Waals surface area contributed by atoms with Crippen molar-refractivity contribution in [3.8, 4) is 11.3 Å². The predicted molar refractivity (Wildman–Crippen MR) is 99.1 cm³/mol. The van der Waals surface area contributed by atoms with Crippen molar-refractivity contribution in [1.82, 2.24) is 4.98 Å². The van der Waals surface area contributed by atoms with Gasteiger partial charge in [0.1, 0.15) is 0 Å². The van der Waals surface area contributed by atoms with E-state index in [0.717, 1.165) is 33.0 Å². The van der Waals surface area contributed by atoms with Crippen LogP contribution in [0.5, 0.6) is 0 Å². The zero-order valence-electron chi connectivity index (χ0n) is 12.6. The average molecular weight is 373 g/mol. The van der Waals surface area contributed by atoms with E-state index in [9.17, 15) is 0 Å².